The van der Waals surface area contributed by atoms with Gasteiger partial charge in [0.25, 0.3) is 18.1 Å². The molecule has 164 valence electrons. The lowest BCUT2D eigenvalue weighted by Gasteiger charge is -2.38. The number of likely N-dealkylation sites (tertiary alicyclic amines) is 1. The maximum Gasteiger partial charge on any atom is 0.293 e. The van der Waals surface area contributed by atoms with Crippen molar-refractivity contribution in [3.05, 3.63) is 23.3 Å². The van der Waals surface area contributed by atoms with Crippen molar-refractivity contribution in [2.24, 2.45) is 0 Å². The first-order chi connectivity index (χ1) is 14.3. The summed E-state index contributed by atoms with van der Waals surface area (Å²) in [6.07, 6.45) is -4.63. The Balaban J connectivity index is 1.62. The van der Waals surface area contributed by atoms with Crippen molar-refractivity contribution in [2.45, 2.75) is 38.0 Å². The van der Waals surface area contributed by atoms with Gasteiger partial charge >= 0.3 is 0 Å². The summed E-state index contributed by atoms with van der Waals surface area (Å²) in [6, 6.07) is 0.720. The summed E-state index contributed by atoms with van der Waals surface area (Å²) in [5, 5.41) is 24.8. The lowest BCUT2D eigenvalue weighted by atomic mass is 10.0. The average molecular weight is 426 g/mol. The predicted octanol–water partition coefficient (Wildman–Crippen LogP) is -0.361. The predicted molar refractivity (Wildman–Crippen MR) is 99.2 cm³/mol. The van der Waals surface area contributed by atoms with E-state index in [1.54, 1.807) is 6.92 Å². The number of aliphatic hydroxyl groups is 2. The molecule has 2 aromatic rings. The van der Waals surface area contributed by atoms with Crippen LogP contribution >= 0.6 is 0 Å². The first kappa shape index (κ1) is 21.0. The standard InChI is InChI=1S/C18H24F2N6O4/c1-10-8-11(15(19)20)26-18(21-10)22-16(23-26)17(29)25-3-2-13(27)14(28)12(9-25)24-4-6-30-7-5-24/h8,12-15,27-28H,2-7,9H2,1H3/t12-,13-,14+/m1/s1. The van der Waals surface area contributed by atoms with E-state index in [1.165, 1.54) is 11.0 Å². The molecule has 3 atom stereocenters. The SMILES string of the molecule is Cc1cc(C(F)F)n2nc(C(=O)N3CC[C@@H](O)[C@@H](O)[C@H](N4CCOCC4)C3)nc2n1. The van der Waals surface area contributed by atoms with Gasteiger partial charge in [-0.2, -0.15) is 9.50 Å². The van der Waals surface area contributed by atoms with Gasteiger partial charge in [-0.25, -0.2) is 13.8 Å². The van der Waals surface area contributed by atoms with Crippen LogP contribution in [0.2, 0.25) is 0 Å². The molecule has 0 radical (unpaired) electrons. The molecule has 2 saturated heterocycles. The van der Waals surface area contributed by atoms with Gasteiger partial charge < -0.3 is 19.8 Å². The van der Waals surface area contributed by atoms with Crippen LogP contribution in [0.4, 0.5) is 8.78 Å². The van der Waals surface area contributed by atoms with Gasteiger partial charge in [-0.15, -0.1) is 5.10 Å². The van der Waals surface area contributed by atoms with E-state index < -0.39 is 36.3 Å². The molecule has 2 fully saturated rings. The maximum atomic E-state index is 13.4. The van der Waals surface area contributed by atoms with E-state index in [2.05, 4.69) is 15.1 Å². The number of hydrogen-bond donors (Lipinski definition) is 2. The molecule has 0 aliphatic carbocycles. The van der Waals surface area contributed by atoms with E-state index in [-0.39, 0.29) is 31.1 Å². The first-order valence-corrected chi connectivity index (χ1v) is 9.85. The molecule has 4 rings (SSSR count). The molecule has 0 spiro atoms. The van der Waals surface area contributed by atoms with Gasteiger partial charge in [0.2, 0.25) is 5.82 Å². The topological polar surface area (TPSA) is 116 Å². The molecule has 2 N–H and O–H groups in total. The highest BCUT2D eigenvalue weighted by atomic mass is 19.3. The van der Waals surface area contributed by atoms with Gasteiger partial charge in [-0.05, 0) is 19.4 Å². The zero-order valence-electron chi connectivity index (χ0n) is 16.5. The Morgan fingerprint density at radius 1 is 1.23 bits per heavy atom. The van der Waals surface area contributed by atoms with Crippen molar-refractivity contribution >= 4 is 11.7 Å². The Morgan fingerprint density at radius 2 is 1.97 bits per heavy atom. The summed E-state index contributed by atoms with van der Waals surface area (Å²) in [7, 11) is 0. The second kappa shape index (κ2) is 8.46. The molecule has 30 heavy (non-hydrogen) atoms. The molecule has 2 aromatic heterocycles. The van der Waals surface area contributed by atoms with Crippen LogP contribution in [-0.4, -0.2) is 103 Å². The van der Waals surface area contributed by atoms with Crippen LogP contribution < -0.4 is 0 Å². The summed E-state index contributed by atoms with van der Waals surface area (Å²) in [6.45, 7) is 4.05. The zero-order chi connectivity index (χ0) is 21.4. The Morgan fingerprint density at radius 3 is 2.67 bits per heavy atom. The van der Waals surface area contributed by atoms with Crippen LogP contribution in [0, 0.1) is 6.92 Å². The van der Waals surface area contributed by atoms with E-state index in [1.807, 2.05) is 4.90 Å². The number of morpholine rings is 1. The molecule has 2 aliphatic heterocycles. The first-order valence-electron chi connectivity index (χ1n) is 9.85. The van der Waals surface area contributed by atoms with Crippen molar-refractivity contribution in [2.75, 3.05) is 39.4 Å². The number of nitrogens with zero attached hydrogens (tertiary/aromatic N) is 6. The number of rotatable bonds is 3. The zero-order valence-corrected chi connectivity index (χ0v) is 16.5. The number of fused-ring (bicyclic) bond motifs is 1. The Hall–Kier alpha value is -2.28. The van der Waals surface area contributed by atoms with Crippen molar-refractivity contribution in [1.29, 1.82) is 0 Å². The summed E-state index contributed by atoms with van der Waals surface area (Å²) in [5.74, 6) is -0.882. The second-order valence-electron chi connectivity index (χ2n) is 7.58. The van der Waals surface area contributed by atoms with Crippen LogP contribution in [0.25, 0.3) is 5.78 Å². The van der Waals surface area contributed by atoms with Crippen molar-refractivity contribution in [3.8, 4) is 0 Å². The smallest absolute Gasteiger partial charge is 0.293 e. The minimum absolute atomic E-state index is 0.0757. The quantitative estimate of drug-likeness (QED) is 0.684. The van der Waals surface area contributed by atoms with Gasteiger partial charge in [0.15, 0.2) is 0 Å². The molecule has 2 aliphatic rings. The molecule has 0 aromatic carbocycles. The van der Waals surface area contributed by atoms with E-state index >= 15 is 0 Å². The van der Waals surface area contributed by atoms with Crippen molar-refractivity contribution in [3.63, 3.8) is 0 Å². The Labute approximate surface area is 171 Å². The highest BCUT2D eigenvalue weighted by Crippen LogP contribution is 2.22. The summed E-state index contributed by atoms with van der Waals surface area (Å²) in [4.78, 5) is 24.7. The Kier molecular flexibility index (Phi) is 5.91. The van der Waals surface area contributed by atoms with Crippen LogP contribution in [0.3, 0.4) is 0 Å². The van der Waals surface area contributed by atoms with Gasteiger partial charge in [0.1, 0.15) is 5.69 Å². The molecule has 0 saturated carbocycles. The third kappa shape index (κ3) is 4.00. The molecular formula is C18H24F2N6O4. The van der Waals surface area contributed by atoms with E-state index in [0.717, 1.165) is 4.52 Å². The van der Waals surface area contributed by atoms with Crippen LogP contribution in [0.5, 0.6) is 0 Å². The number of aliphatic hydroxyl groups excluding tert-OH is 2. The highest BCUT2D eigenvalue weighted by Gasteiger charge is 2.38. The monoisotopic (exact) mass is 426 g/mol. The fourth-order valence-corrected chi connectivity index (χ4v) is 3.97. The fourth-order valence-electron chi connectivity index (χ4n) is 3.97. The summed E-state index contributed by atoms with van der Waals surface area (Å²) >= 11 is 0. The minimum atomic E-state index is -2.80. The minimum Gasteiger partial charge on any atom is -0.390 e. The molecule has 1 amide bonds. The van der Waals surface area contributed by atoms with Gasteiger partial charge in [-0.3, -0.25) is 9.69 Å². The van der Waals surface area contributed by atoms with Gasteiger partial charge in [-0.1, -0.05) is 0 Å². The number of amides is 1. The molecular weight excluding hydrogens is 402 g/mol. The number of alkyl halides is 2. The molecule has 12 heteroatoms. The summed E-state index contributed by atoms with van der Waals surface area (Å²) < 4.78 is 32.9. The summed E-state index contributed by atoms with van der Waals surface area (Å²) in [5.41, 5.74) is -0.0467. The number of hydrogen-bond acceptors (Lipinski definition) is 8. The molecule has 0 unspecified atom stereocenters. The van der Waals surface area contributed by atoms with E-state index in [4.69, 9.17) is 4.74 Å². The normalized spacial score (nSPS) is 26.3. The number of carbonyl (C=O) groups is 1. The molecule has 10 nitrogen and oxygen atoms in total. The van der Waals surface area contributed by atoms with Gasteiger partial charge in [0, 0.05) is 31.9 Å². The van der Waals surface area contributed by atoms with Crippen LogP contribution in [0.1, 0.15) is 34.9 Å². The number of ether oxygens (including phenoxy) is 1. The van der Waals surface area contributed by atoms with E-state index in [9.17, 15) is 23.8 Å². The fraction of sp³-hybridized carbons (Fsp3) is 0.667. The lowest BCUT2D eigenvalue weighted by molar-refractivity contribution is -0.0609. The number of aryl methyl sites for hydroxylation is 1. The average Bonchev–Trinajstić information content (AvgIpc) is 3.10. The van der Waals surface area contributed by atoms with Crippen molar-refractivity contribution in [1.82, 2.24) is 29.4 Å². The van der Waals surface area contributed by atoms with Gasteiger partial charge in [0.05, 0.1) is 31.5 Å². The van der Waals surface area contributed by atoms with Crippen LogP contribution in [-0.2, 0) is 4.74 Å². The second-order valence-corrected chi connectivity index (χ2v) is 7.58. The number of halogens is 2. The van der Waals surface area contributed by atoms with E-state index in [0.29, 0.717) is 32.0 Å². The number of carbonyl (C=O) groups excluding carboxylic acids is 1. The highest BCUT2D eigenvalue weighted by molar-refractivity contribution is 5.91. The largest absolute Gasteiger partial charge is 0.390 e. The molecule has 4 heterocycles. The van der Waals surface area contributed by atoms with Crippen LogP contribution in [0.15, 0.2) is 6.07 Å². The van der Waals surface area contributed by atoms with Crippen molar-refractivity contribution < 1.29 is 28.5 Å². The third-order valence-corrected chi connectivity index (χ3v) is 5.58. The molecule has 0 bridgehead atoms. The lowest BCUT2D eigenvalue weighted by Crippen LogP contribution is -2.55. The third-order valence-electron chi connectivity index (χ3n) is 5.58. The number of aromatic nitrogens is 4. The maximum absolute atomic E-state index is 13.4. The Bertz CT molecular complexity index is 919.